The fourth-order valence-electron chi connectivity index (χ4n) is 11.7. The summed E-state index contributed by atoms with van der Waals surface area (Å²) in [5.74, 6) is -0.0228. The van der Waals surface area contributed by atoms with Gasteiger partial charge in [-0.3, -0.25) is 9.59 Å². The van der Waals surface area contributed by atoms with Gasteiger partial charge in [-0.05, 0) is 83.5 Å². The summed E-state index contributed by atoms with van der Waals surface area (Å²) in [4.78, 5) is 24.6. The van der Waals surface area contributed by atoms with E-state index in [4.69, 9.17) is 4.74 Å². The highest BCUT2D eigenvalue weighted by molar-refractivity contribution is 5.76. The van der Waals surface area contributed by atoms with Crippen LogP contribution in [0.5, 0.6) is 0 Å². The maximum atomic E-state index is 12.5. The van der Waals surface area contributed by atoms with Crippen molar-refractivity contribution in [2.24, 2.45) is 0 Å². The molecule has 0 radical (unpaired) electrons. The lowest BCUT2D eigenvalue weighted by Crippen LogP contribution is -2.45. The third-order valence-corrected chi connectivity index (χ3v) is 17.4. The van der Waals surface area contributed by atoms with E-state index >= 15 is 0 Å². The summed E-state index contributed by atoms with van der Waals surface area (Å²) in [6.07, 6.45) is 92.0. The van der Waals surface area contributed by atoms with E-state index in [1.54, 1.807) is 0 Å². The van der Waals surface area contributed by atoms with Crippen molar-refractivity contribution in [2.75, 3.05) is 13.2 Å². The van der Waals surface area contributed by atoms with Crippen molar-refractivity contribution in [3.05, 3.63) is 36.5 Å². The molecule has 2 atom stereocenters. The van der Waals surface area contributed by atoms with Crippen molar-refractivity contribution in [3.63, 3.8) is 0 Å². The number of allylic oxidation sites excluding steroid dienone is 6. The fourth-order valence-corrected chi connectivity index (χ4v) is 11.7. The van der Waals surface area contributed by atoms with Gasteiger partial charge in [0.15, 0.2) is 0 Å². The van der Waals surface area contributed by atoms with E-state index in [9.17, 15) is 19.8 Å². The highest BCUT2D eigenvalue weighted by Gasteiger charge is 2.20. The highest BCUT2D eigenvalue weighted by atomic mass is 16.5. The molecule has 6 heteroatoms. The van der Waals surface area contributed by atoms with Crippen LogP contribution in [0.1, 0.15) is 412 Å². The molecule has 0 heterocycles. The largest absolute Gasteiger partial charge is 0.466 e. The number of esters is 1. The van der Waals surface area contributed by atoms with Crippen molar-refractivity contribution < 1.29 is 24.5 Å². The topological polar surface area (TPSA) is 95.9 Å². The Morgan fingerprint density at radius 3 is 0.939 bits per heavy atom. The van der Waals surface area contributed by atoms with Crippen LogP contribution in [0.4, 0.5) is 0 Å². The molecular formula is C76H145NO5. The van der Waals surface area contributed by atoms with Gasteiger partial charge in [0, 0.05) is 12.8 Å². The summed E-state index contributed by atoms with van der Waals surface area (Å²) < 4.78 is 5.50. The number of aliphatic hydroxyl groups is 2. The molecule has 3 N–H and O–H groups in total. The molecule has 0 aromatic carbocycles. The van der Waals surface area contributed by atoms with Gasteiger partial charge in [-0.15, -0.1) is 0 Å². The number of ether oxygens (including phenoxy) is 1. The van der Waals surface area contributed by atoms with Gasteiger partial charge in [0.2, 0.25) is 5.91 Å². The standard InChI is InChI=1S/C76H145NO5/c1-3-5-7-9-11-13-15-17-19-21-33-37-40-44-48-52-56-60-64-68-74(79)73(72-78)77-75(80)69-65-61-57-53-49-45-41-38-34-31-29-27-25-23-22-24-26-28-30-32-35-39-43-47-51-55-59-63-67-71-82-76(81)70-66-62-58-54-50-46-42-36-20-18-16-14-12-10-8-6-4-2/h18,20,22,24,28,30,73-74,78-79H,3-17,19,21,23,25-27,29,31-72H2,1-2H3,(H,77,80)/b20-18-,24-22-,30-28-. The smallest absolute Gasteiger partial charge is 0.305 e. The number of hydrogen-bond donors (Lipinski definition) is 3. The number of nitrogens with one attached hydrogen (secondary N) is 1. The molecule has 0 aliphatic heterocycles. The van der Waals surface area contributed by atoms with Crippen LogP contribution >= 0.6 is 0 Å². The van der Waals surface area contributed by atoms with Crippen LogP contribution in [0.2, 0.25) is 0 Å². The molecule has 0 fully saturated rings. The van der Waals surface area contributed by atoms with E-state index in [-0.39, 0.29) is 18.5 Å². The first-order chi connectivity index (χ1) is 40.5. The SMILES string of the molecule is CCCCCCCC/C=C\CCCCCCCCCC(=O)OCCCCCCCCCCC/C=C\C/C=C\CCCCCCCCCCCCCCCC(=O)NC(CO)C(O)CCCCCCCCCCCCCCCCCCCCC. The molecule has 0 aliphatic carbocycles. The minimum Gasteiger partial charge on any atom is -0.466 e. The Bertz CT molecular complexity index is 1330. The summed E-state index contributed by atoms with van der Waals surface area (Å²) in [5.41, 5.74) is 0. The third kappa shape index (κ3) is 67.2. The number of unbranched alkanes of at least 4 members (excludes halogenated alkanes) is 53. The van der Waals surface area contributed by atoms with E-state index in [0.717, 1.165) is 51.4 Å². The fraction of sp³-hybridized carbons (Fsp3) is 0.895. The zero-order valence-electron chi connectivity index (χ0n) is 55.5. The van der Waals surface area contributed by atoms with Gasteiger partial charge in [0.25, 0.3) is 0 Å². The second-order valence-electron chi connectivity index (χ2n) is 25.6. The van der Waals surface area contributed by atoms with Gasteiger partial charge in [-0.2, -0.15) is 0 Å². The minimum absolute atomic E-state index is 0.00934. The molecule has 0 bridgehead atoms. The summed E-state index contributed by atoms with van der Waals surface area (Å²) in [5, 5.41) is 23.4. The Kier molecular flexibility index (Phi) is 69.9. The predicted molar refractivity (Wildman–Crippen MR) is 361 cm³/mol. The quantitative estimate of drug-likeness (QED) is 0.0320. The van der Waals surface area contributed by atoms with Gasteiger partial charge < -0.3 is 20.3 Å². The van der Waals surface area contributed by atoms with Crippen molar-refractivity contribution in [1.82, 2.24) is 5.32 Å². The van der Waals surface area contributed by atoms with Gasteiger partial charge in [-0.25, -0.2) is 0 Å². The van der Waals surface area contributed by atoms with E-state index < -0.39 is 12.1 Å². The number of hydrogen-bond acceptors (Lipinski definition) is 5. The second kappa shape index (κ2) is 71.6. The number of carbonyl (C=O) groups excluding carboxylic acids is 2. The van der Waals surface area contributed by atoms with Gasteiger partial charge in [0.05, 0.1) is 25.4 Å². The van der Waals surface area contributed by atoms with Crippen molar-refractivity contribution in [2.45, 2.75) is 424 Å². The summed E-state index contributed by atoms with van der Waals surface area (Å²) >= 11 is 0. The van der Waals surface area contributed by atoms with Gasteiger partial charge >= 0.3 is 5.97 Å². The lowest BCUT2D eigenvalue weighted by atomic mass is 10.0. The third-order valence-electron chi connectivity index (χ3n) is 17.4. The molecule has 2 unspecified atom stereocenters. The highest BCUT2D eigenvalue weighted by Crippen LogP contribution is 2.19. The van der Waals surface area contributed by atoms with Crippen LogP contribution in [0, 0.1) is 0 Å². The normalized spacial score (nSPS) is 12.7. The lowest BCUT2D eigenvalue weighted by Gasteiger charge is -2.22. The monoisotopic (exact) mass is 1150 g/mol. The van der Waals surface area contributed by atoms with Crippen molar-refractivity contribution in [1.29, 1.82) is 0 Å². The van der Waals surface area contributed by atoms with Crippen LogP contribution in [0.25, 0.3) is 0 Å². The van der Waals surface area contributed by atoms with E-state index in [1.165, 1.54) is 327 Å². The molecule has 1 amide bonds. The molecular weight excluding hydrogens is 1010 g/mol. The number of rotatable bonds is 70. The first-order valence-electron chi connectivity index (χ1n) is 37.2. The molecule has 0 rings (SSSR count). The number of aliphatic hydroxyl groups excluding tert-OH is 2. The summed E-state index contributed by atoms with van der Waals surface area (Å²) in [7, 11) is 0. The molecule has 0 saturated heterocycles. The van der Waals surface area contributed by atoms with E-state index in [2.05, 4.69) is 55.6 Å². The second-order valence-corrected chi connectivity index (χ2v) is 25.6. The maximum absolute atomic E-state index is 12.5. The molecule has 0 aromatic rings. The molecule has 82 heavy (non-hydrogen) atoms. The maximum Gasteiger partial charge on any atom is 0.305 e. The Labute approximate surface area is 513 Å². The lowest BCUT2D eigenvalue weighted by molar-refractivity contribution is -0.143. The zero-order valence-corrected chi connectivity index (χ0v) is 55.5. The van der Waals surface area contributed by atoms with Gasteiger partial charge in [0.1, 0.15) is 0 Å². The van der Waals surface area contributed by atoms with Crippen LogP contribution in [0.15, 0.2) is 36.5 Å². The van der Waals surface area contributed by atoms with E-state index in [1.807, 2.05) is 0 Å². The number of carbonyl (C=O) groups is 2. The Morgan fingerprint density at radius 1 is 0.341 bits per heavy atom. The Hall–Kier alpha value is -1.92. The molecule has 0 saturated carbocycles. The van der Waals surface area contributed by atoms with Crippen LogP contribution in [-0.4, -0.2) is 47.4 Å². The molecule has 0 spiro atoms. The zero-order chi connectivity index (χ0) is 59.2. The van der Waals surface area contributed by atoms with E-state index in [0.29, 0.717) is 25.9 Å². The van der Waals surface area contributed by atoms with Crippen LogP contribution in [0.3, 0.4) is 0 Å². The van der Waals surface area contributed by atoms with Gasteiger partial charge in [-0.1, -0.05) is 352 Å². The average molecular weight is 1150 g/mol. The molecule has 6 nitrogen and oxygen atoms in total. The molecule has 484 valence electrons. The Morgan fingerprint density at radius 2 is 0.610 bits per heavy atom. The van der Waals surface area contributed by atoms with Crippen molar-refractivity contribution in [3.8, 4) is 0 Å². The number of amides is 1. The minimum atomic E-state index is -0.666. The summed E-state index contributed by atoms with van der Waals surface area (Å²) in [6.45, 7) is 4.98. The molecule has 0 aromatic heterocycles. The molecule has 0 aliphatic rings. The first-order valence-corrected chi connectivity index (χ1v) is 37.2. The summed E-state index contributed by atoms with van der Waals surface area (Å²) in [6, 6.07) is -0.543. The van der Waals surface area contributed by atoms with Crippen molar-refractivity contribution >= 4 is 11.9 Å². The Balaban J connectivity index is 3.40. The van der Waals surface area contributed by atoms with Crippen LogP contribution in [-0.2, 0) is 14.3 Å². The first kappa shape index (κ1) is 80.1. The average Bonchev–Trinajstić information content (AvgIpc) is 3.48. The predicted octanol–water partition coefficient (Wildman–Crippen LogP) is 24.3. The van der Waals surface area contributed by atoms with Crippen LogP contribution < -0.4 is 5.32 Å².